The van der Waals surface area contributed by atoms with Crippen molar-refractivity contribution in [1.82, 2.24) is 0 Å². The van der Waals surface area contributed by atoms with Crippen molar-refractivity contribution in [3.8, 4) is 0 Å². The van der Waals surface area contributed by atoms with E-state index in [1.807, 2.05) is 13.8 Å². The van der Waals surface area contributed by atoms with Gasteiger partial charge in [0, 0.05) is 6.42 Å². The van der Waals surface area contributed by atoms with Crippen molar-refractivity contribution >= 4 is 5.97 Å². The molecule has 13 heavy (non-hydrogen) atoms. The fourth-order valence-electron chi connectivity index (χ4n) is 1.30. The molecule has 4 heteroatoms. The number of ether oxygens (including phenoxy) is 2. The highest BCUT2D eigenvalue weighted by atomic mass is 16.5. The van der Waals surface area contributed by atoms with Gasteiger partial charge in [-0.2, -0.15) is 0 Å². The van der Waals surface area contributed by atoms with Crippen LogP contribution < -0.4 is 5.73 Å². The van der Waals surface area contributed by atoms with E-state index in [0.717, 1.165) is 0 Å². The summed E-state index contributed by atoms with van der Waals surface area (Å²) in [6.07, 6.45) is 0.512. The fourth-order valence-corrected chi connectivity index (χ4v) is 1.30. The highest BCUT2D eigenvalue weighted by molar-refractivity contribution is 5.89. The van der Waals surface area contributed by atoms with E-state index in [1.165, 1.54) is 0 Å². The van der Waals surface area contributed by atoms with Gasteiger partial charge in [-0.3, -0.25) is 0 Å². The number of carbonyl (C=O) groups excluding carboxylic acids is 1. The van der Waals surface area contributed by atoms with Crippen LogP contribution >= 0.6 is 0 Å². The summed E-state index contributed by atoms with van der Waals surface area (Å²) in [5.74, 6) is -0.172. The number of carbonyl (C=O) groups is 1. The maximum absolute atomic E-state index is 11.3. The zero-order chi connectivity index (χ0) is 10.1. The molecule has 0 spiro atoms. The summed E-state index contributed by atoms with van der Waals surface area (Å²) in [5.41, 5.74) is 5.61. The van der Waals surface area contributed by atoms with Crippen molar-refractivity contribution < 1.29 is 14.3 Å². The molecule has 0 aromatic heterocycles. The molecule has 1 aliphatic heterocycles. The van der Waals surface area contributed by atoms with Gasteiger partial charge in [0.1, 0.15) is 11.2 Å². The molecule has 0 unspecified atom stereocenters. The van der Waals surface area contributed by atoms with Gasteiger partial charge in [0.05, 0.1) is 6.61 Å². The van der Waals surface area contributed by atoms with E-state index in [2.05, 4.69) is 0 Å². The van der Waals surface area contributed by atoms with Crippen LogP contribution in [-0.4, -0.2) is 18.2 Å². The van der Waals surface area contributed by atoms with Gasteiger partial charge < -0.3 is 15.2 Å². The van der Waals surface area contributed by atoms with E-state index >= 15 is 0 Å². The molecule has 0 radical (unpaired) electrons. The third-order valence-corrected chi connectivity index (χ3v) is 1.81. The molecule has 1 aliphatic rings. The first-order chi connectivity index (χ1) is 5.96. The minimum Gasteiger partial charge on any atom is -0.473 e. The molecule has 0 atom stereocenters. The van der Waals surface area contributed by atoms with Crippen LogP contribution in [0.25, 0.3) is 0 Å². The van der Waals surface area contributed by atoms with Crippen LogP contribution in [0.2, 0.25) is 0 Å². The van der Waals surface area contributed by atoms with Crippen molar-refractivity contribution in [3.63, 3.8) is 0 Å². The first kappa shape index (κ1) is 9.89. The number of hydrogen-bond acceptors (Lipinski definition) is 4. The van der Waals surface area contributed by atoms with Crippen molar-refractivity contribution in [3.05, 3.63) is 11.5 Å². The number of rotatable bonds is 2. The number of nitrogens with two attached hydrogens (primary N) is 1. The molecule has 0 aromatic carbocycles. The van der Waals surface area contributed by atoms with Gasteiger partial charge >= 0.3 is 5.97 Å². The summed E-state index contributed by atoms with van der Waals surface area (Å²) in [6, 6.07) is 0. The Morgan fingerprint density at radius 1 is 1.69 bits per heavy atom. The van der Waals surface area contributed by atoms with Crippen LogP contribution in [0.1, 0.15) is 27.2 Å². The second kappa shape index (κ2) is 3.28. The quantitative estimate of drug-likeness (QED) is 0.650. The summed E-state index contributed by atoms with van der Waals surface area (Å²) in [6.45, 7) is 5.88. The van der Waals surface area contributed by atoms with E-state index in [4.69, 9.17) is 15.2 Å². The smallest absolute Gasteiger partial charge is 0.339 e. The zero-order valence-electron chi connectivity index (χ0n) is 8.22. The van der Waals surface area contributed by atoms with Crippen LogP contribution in [0.4, 0.5) is 0 Å². The normalized spacial score (nSPS) is 19.9. The minimum absolute atomic E-state index is 0.198. The lowest BCUT2D eigenvalue weighted by Gasteiger charge is -2.17. The van der Waals surface area contributed by atoms with Gasteiger partial charge in [-0.1, -0.05) is 0 Å². The lowest BCUT2D eigenvalue weighted by Crippen LogP contribution is -2.19. The predicted molar refractivity (Wildman–Crippen MR) is 47.6 cm³/mol. The second-order valence-electron chi connectivity index (χ2n) is 3.60. The van der Waals surface area contributed by atoms with Gasteiger partial charge in [-0.05, 0) is 20.8 Å². The van der Waals surface area contributed by atoms with Crippen molar-refractivity contribution in [2.24, 2.45) is 5.73 Å². The summed E-state index contributed by atoms with van der Waals surface area (Å²) in [4.78, 5) is 11.3. The summed E-state index contributed by atoms with van der Waals surface area (Å²) in [5, 5.41) is 0. The summed E-state index contributed by atoms with van der Waals surface area (Å²) in [7, 11) is 0. The number of esters is 1. The molecule has 0 bridgehead atoms. The Morgan fingerprint density at radius 2 is 2.31 bits per heavy atom. The van der Waals surface area contributed by atoms with Crippen LogP contribution in [0.15, 0.2) is 11.5 Å². The third-order valence-electron chi connectivity index (χ3n) is 1.81. The average Bonchev–Trinajstić information content (AvgIpc) is 2.25. The van der Waals surface area contributed by atoms with Crippen LogP contribution in [0.3, 0.4) is 0 Å². The van der Waals surface area contributed by atoms with Crippen LogP contribution in [0.5, 0.6) is 0 Å². The van der Waals surface area contributed by atoms with E-state index in [0.29, 0.717) is 18.6 Å². The molecule has 0 saturated heterocycles. The van der Waals surface area contributed by atoms with Crippen LogP contribution in [-0.2, 0) is 14.3 Å². The molecule has 0 fully saturated rings. The fraction of sp³-hybridized carbons (Fsp3) is 0.667. The maximum atomic E-state index is 11.3. The Kier molecular flexibility index (Phi) is 2.50. The van der Waals surface area contributed by atoms with Gasteiger partial charge in [0.2, 0.25) is 0 Å². The molecule has 0 saturated carbocycles. The second-order valence-corrected chi connectivity index (χ2v) is 3.60. The van der Waals surface area contributed by atoms with Gasteiger partial charge in [0.15, 0.2) is 5.88 Å². The Bertz CT molecular complexity index is 256. The molecule has 74 valence electrons. The maximum Gasteiger partial charge on any atom is 0.339 e. The Labute approximate surface area is 77.7 Å². The molecule has 0 aliphatic carbocycles. The van der Waals surface area contributed by atoms with E-state index in [1.54, 1.807) is 6.92 Å². The monoisotopic (exact) mass is 185 g/mol. The van der Waals surface area contributed by atoms with Gasteiger partial charge in [0.25, 0.3) is 0 Å². The molecule has 2 N–H and O–H groups in total. The molecule has 4 nitrogen and oxygen atoms in total. The third kappa shape index (κ3) is 2.14. The summed E-state index contributed by atoms with van der Waals surface area (Å²) >= 11 is 0. The summed E-state index contributed by atoms with van der Waals surface area (Å²) < 4.78 is 10.1. The molecule has 1 heterocycles. The van der Waals surface area contributed by atoms with E-state index < -0.39 is 0 Å². The average molecular weight is 185 g/mol. The highest BCUT2D eigenvalue weighted by Crippen LogP contribution is 2.31. The van der Waals surface area contributed by atoms with Crippen LogP contribution in [0, 0.1) is 0 Å². The standard InChI is InChI=1S/C9H15NO3/c1-4-12-8(11)6-5-9(2,3)13-7(6)10/h4-5,10H2,1-3H3. The highest BCUT2D eigenvalue weighted by Gasteiger charge is 2.35. The topological polar surface area (TPSA) is 61.5 Å². The van der Waals surface area contributed by atoms with Crippen molar-refractivity contribution in [2.75, 3.05) is 6.61 Å². The lowest BCUT2D eigenvalue weighted by atomic mass is 10.0. The molecular weight excluding hydrogens is 170 g/mol. The minimum atomic E-state index is -0.383. The first-order valence-electron chi connectivity index (χ1n) is 4.31. The largest absolute Gasteiger partial charge is 0.473 e. The molecule has 1 rings (SSSR count). The molecule has 0 aromatic rings. The Hall–Kier alpha value is -1.19. The van der Waals surface area contributed by atoms with Crippen molar-refractivity contribution in [2.45, 2.75) is 32.8 Å². The molecule has 0 amide bonds. The predicted octanol–water partition coefficient (Wildman–Crippen LogP) is 0.919. The Balaban J connectivity index is 2.71. The van der Waals surface area contributed by atoms with Gasteiger partial charge in [-0.15, -0.1) is 0 Å². The van der Waals surface area contributed by atoms with E-state index in [9.17, 15) is 4.79 Å². The lowest BCUT2D eigenvalue weighted by molar-refractivity contribution is -0.138. The van der Waals surface area contributed by atoms with Crippen molar-refractivity contribution in [1.29, 1.82) is 0 Å². The first-order valence-corrected chi connectivity index (χ1v) is 4.31. The Morgan fingerprint density at radius 3 is 2.69 bits per heavy atom. The SMILES string of the molecule is CCOC(=O)C1=C(N)OC(C)(C)C1. The number of hydrogen-bond donors (Lipinski definition) is 1. The van der Waals surface area contributed by atoms with E-state index in [-0.39, 0.29) is 17.5 Å². The van der Waals surface area contributed by atoms with Gasteiger partial charge in [-0.25, -0.2) is 4.79 Å². The zero-order valence-corrected chi connectivity index (χ0v) is 8.22. The molecular formula is C9H15NO3.